The highest BCUT2D eigenvalue weighted by atomic mass is 16.5. The van der Waals surface area contributed by atoms with Crippen LogP contribution < -0.4 is 5.32 Å². The molecule has 3 aromatic rings. The van der Waals surface area contributed by atoms with Crippen molar-refractivity contribution < 1.29 is 14.3 Å². The minimum atomic E-state index is -0.969. The quantitative estimate of drug-likeness (QED) is 0.639. The van der Waals surface area contributed by atoms with E-state index in [2.05, 4.69) is 22.1 Å². The van der Waals surface area contributed by atoms with Crippen LogP contribution in [0.15, 0.2) is 42.5 Å². The third kappa shape index (κ3) is 4.41. The van der Waals surface area contributed by atoms with Crippen LogP contribution in [0.25, 0.3) is 10.9 Å². The van der Waals surface area contributed by atoms with Gasteiger partial charge in [-0.15, -0.1) is 0 Å². The Balaban J connectivity index is 1.61. The largest absolute Gasteiger partial charge is 0.449 e. The maximum atomic E-state index is 13.3. The predicted octanol–water partition coefficient (Wildman–Crippen LogP) is 3.50. The van der Waals surface area contributed by atoms with Crippen molar-refractivity contribution in [1.29, 1.82) is 0 Å². The molecule has 160 valence electrons. The number of hydrogen-bond donors (Lipinski definition) is 1. The van der Waals surface area contributed by atoms with E-state index in [1.807, 2.05) is 43.3 Å². The lowest BCUT2D eigenvalue weighted by Crippen LogP contribution is -2.34. The first-order chi connectivity index (χ1) is 15.0. The van der Waals surface area contributed by atoms with Gasteiger partial charge in [-0.3, -0.25) is 14.7 Å². The molecule has 4 rings (SSSR count). The molecule has 0 radical (unpaired) electrons. The van der Waals surface area contributed by atoms with Gasteiger partial charge in [-0.25, -0.2) is 9.78 Å². The Kier molecular flexibility index (Phi) is 5.95. The van der Waals surface area contributed by atoms with E-state index in [-0.39, 0.29) is 0 Å². The number of carbonyl (C=O) groups is 2. The smallest absolute Gasteiger partial charge is 0.339 e. The molecule has 7 heteroatoms. The molecule has 1 aliphatic heterocycles. The van der Waals surface area contributed by atoms with Crippen molar-refractivity contribution in [3.05, 3.63) is 65.0 Å². The summed E-state index contributed by atoms with van der Waals surface area (Å²) in [5, 5.41) is 3.45. The van der Waals surface area contributed by atoms with E-state index in [1.54, 1.807) is 13.0 Å². The van der Waals surface area contributed by atoms with Crippen LogP contribution >= 0.6 is 0 Å². The van der Waals surface area contributed by atoms with Crippen molar-refractivity contribution in [3.63, 3.8) is 0 Å². The summed E-state index contributed by atoms with van der Waals surface area (Å²) in [5.74, 6) is -0.500. The average molecular weight is 418 g/mol. The van der Waals surface area contributed by atoms with Gasteiger partial charge in [0.15, 0.2) is 6.10 Å². The fraction of sp³-hybridized carbons (Fsp3) is 0.333. The Bertz CT molecular complexity index is 1140. The van der Waals surface area contributed by atoms with Crippen molar-refractivity contribution in [3.8, 4) is 0 Å². The second-order valence-electron chi connectivity index (χ2n) is 7.75. The number of hydrogen-bond acceptors (Lipinski definition) is 6. The average Bonchev–Trinajstić information content (AvgIpc) is 2.76. The minimum Gasteiger partial charge on any atom is -0.449 e. The van der Waals surface area contributed by atoms with Gasteiger partial charge in [-0.1, -0.05) is 31.2 Å². The highest BCUT2D eigenvalue weighted by Gasteiger charge is 2.28. The van der Waals surface area contributed by atoms with Gasteiger partial charge >= 0.3 is 5.97 Å². The van der Waals surface area contributed by atoms with Crippen LogP contribution in [0.4, 0.5) is 5.82 Å². The van der Waals surface area contributed by atoms with E-state index in [4.69, 9.17) is 9.72 Å². The van der Waals surface area contributed by atoms with Gasteiger partial charge < -0.3 is 10.1 Å². The topological polar surface area (TPSA) is 84.4 Å². The summed E-state index contributed by atoms with van der Waals surface area (Å²) in [7, 11) is 0. The first-order valence-corrected chi connectivity index (χ1v) is 10.5. The second-order valence-corrected chi connectivity index (χ2v) is 7.75. The first-order valence-electron chi connectivity index (χ1n) is 10.5. The Morgan fingerprint density at radius 1 is 1.16 bits per heavy atom. The maximum Gasteiger partial charge on any atom is 0.339 e. The molecule has 0 bridgehead atoms. The molecule has 0 fully saturated rings. The summed E-state index contributed by atoms with van der Waals surface area (Å²) in [6, 6.07) is 12.9. The van der Waals surface area contributed by atoms with E-state index in [0.717, 1.165) is 47.4 Å². The van der Waals surface area contributed by atoms with Crippen LogP contribution in [-0.2, 0) is 22.5 Å². The summed E-state index contributed by atoms with van der Waals surface area (Å²) in [4.78, 5) is 37.2. The zero-order valence-electron chi connectivity index (χ0n) is 18.0. The summed E-state index contributed by atoms with van der Waals surface area (Å²) in [6.45, 7) is 7.95. The van der Waals surface area contributed by atoms with Gasteiger partial charge in [-0.05, 0) is 38.6 Å². The number of esters is 1. The molecule has 0 saturated carbocycles. The third-order valence-corrected chi connectivity index (χ3v) is 5.57. The number of rotatable bonds is 5. The molecule has 1 atom stereocenters. The van der Waals surface area contributed by atoms with Crippen LogP contribution in [0.2, 0.25) is 0 Å². The van der Waals surface area contributed by atoms with Gasteiger partial charge in [0.05, 0.1) is 11.1 Å². The Labute approximate surface area is 181 Å². The van der Waals surface area contributed by atoms with Gasteiger partial charge in [0.1, 0.15) is 5.82 Å². The van der Waals surface area contributed by atoms with Crippen LogP contribution in [-0.4, -0.2) is 45.9 Å². The molecule has 1 aliphatic rings. The zero-order valence-corrected chi connectivity index (χ0v) is 18.0. The highest BCUT2D eigenvalue weighted by Crippen LogP contribution is 2.29. The fourth-order valence-electron chi connectivity index (χ4n) is 3.86. The molecule has 1 N–H and O–H groups in total. The van der Waals surface area contributed by atoms with E-state index in [1.165, 1.54) is 0 Å². The van der Waals surface area contributed by atoms with Gasteiger partial charge in [0.2, 0.25) is 0 Å². The number of nitrogens with zero attached hydrogens (tertiary/aromatic N) is 3. The van der Waals surface area contributed by atoms with E-state index in [9.17, 15) is 9.59 Å². The lowest BCUT2D eigenvalue weighted by molar-refractivity contribution is -0.123. The monoisotopic (exact) mass is 418 g/mol. The van der Waals surface area contributed by atoms with E-state index in [0.29, 0.717) is 17.9 Å². The lowest BCUT2D eigenvalue weighted by Gasteiger charge is -2.29. The molecule has 3 heterocycles. The molecule has 1 aromatic carbocycles. The number of likely N-dealkylation sites (N-methyl/N-ethyl adjacent to an activating group) is 1. The number of aromatic nitrogens is 2. The number of amides is 1. The molecule has 0 aliphatic carbocycles. The highest BCUT2D eigenvalue weighted by molar-refractivity contribution is 6.06. The Morgan fingerprint density at radius 3 is 2.74 bits per heavy atom. The number of para-hydroxylation sites is 1. The Hall–Kier alpha value is -3.32. The lowest BCUT2D eigenvalue weighted by atomic mass is 9.95. The summed E-state index contributed by atoms with van der Waals surface area (Å²) >= 11 is 0. The number of aryl methyl sites for hydroxylation is 1. The van der Waals surface area contributed by atoms with Gasteiger partial charge in [0.25, 0.3) is 5.91 Å². The number of nitrogens with one attached hydrogen (secondary N) is 1. The van der Waals surface area contributed by atoms with Crippen molar-refractivity contribution in [2.24, 2.45) is 0 Å². The van der Waals surface area contributed by atoms with Crippen LogP contribution in [0.5, 0.6) is 0 Å². The maximum absolute atomic E-state index is 13.3. The predicted molar refractivity (Wildman–Crippen MR) is 119 cm³/mol. The number of carbonyl (C=O) groups excluding carboxylic acids is 2. The normalized spacial score (nSPS) is 14.7. The standard InChI is InChI=1S/C24H26N4O3/c1-4-28-13-12-20-18(14-28)22(17-9-5-6-10-19(17)26-20)24(30)31-16(3)23(29)27-21-11-7-8-15(2)25-21/h5-11,16H,4,12-14H2,1-3H3,(H,25,27,29). The molecule has 7 nitrogen and oxygen atoms in total. The molecule has 0 spiro atoms. The van der Waals surface area contributed by atoms with Crippen molar-refractivity contribution in [1.82, 2.24) is 14.9 Å². The SMILES string of the molecule is CCN1CCc2nc3ccccc3c(C(=O)OC(C)C(=O)Nc3cccc(C)n3)c2C1. The Morgan fingerprint density at radius 2 is 1.97 bits per heavy atom. The van der Waals surface area contributed by atoms with Crippen molar-refractivity contribution in [2.75, 3.05) is 18.4 Å². The van der Waals surface area contributed by atoms with Crippen molar-refractivity contribution in [2.45, 2.75) is 39.8 Å². The summed E-state index contributed by atoms with van der Waals surface area (Å²) in [6.07, 6.45) is -0.188. The second kappa shape index (κ2) is 8.81. The van der Waals surface area contributed by atoms with E-state index >= 15 is 0 Å². The number of ether oxygens (including phenoxy) is 1. The van der Waals surface area contributed by atoms with Crippen molar-refractivity contribution >= 4 is 28.6 Å². The molecule has 31 heavy (non-hydrogen) atoms. The molecule has 2 aromatic heterocycles. The molecular weight excluding hydrogens is 392 g/mol. The number of fused-ring (bicyclic) bond motifs is 2. The number of anilines is 1. The molecule has 1 unspecified atom stereocenters. The third-order valence-electron chi connectivity index (χ3n) is 5.57. The minimum absolute atomic E-state index is 0.422. The van der Waals surface area contributed by atoms with Gasteiger partial charge in [-0.2, -0.15) is 0 Å². The summed E-state index contributed by atoms with van der Waals surface area (Å²) < 4.78 is 5.62. The van der Waals surface area contributed by atoms with E-state index < -0.39 is 18.0 Å². The van der Waals surface area contributed by atoms with Crippen LogP contribution in [0, 0.1) is 6.92 Å². The first kappa shape index (κ1) is 20.9. The van der Waals surface area contributed by atoms with Crippen LogP contribution in [0.1, 0.15) is 41.2 Å². The van der Waals surface area contributed by atoms with Crippen LogP contribution in [0.3, 0.4) is 0 Å². The number of pyridine rings is 2. The molecule has 1 amide bonds. The molecule has 0 saturated heterocycles. The number of benzene rings is 1. The fourth-order valence-corrected chi connectivity index (χ4v) is 3.86. The summed E-state index contributed by atoms with van der Waals surface area (Å²) in [5.41, 5.74) is 3.88. The van der Waals surface area contributed by atoms with Gasteiger partial charge in [0, 0.05) is 41.8 Å². The molecular formula is C24H26N4O3. The zero-order chi connectivity index (χ0) is 22.0.